The molecule has 4 rings (SSSR count). The number of carbonyl (C=O) groups excluding carboxylic acids is 3. The van der Waals surface area contributed by atoms with Crippen molar-refractivity contribution in [2.45, 2.75) is 57.3 Å². The highest BCUT2D eigenvalue weighted by Gasteiger charge is 2.38. The summed E-state index contributed by atoms with van der Waals surface area (Å²) >= 11 is 0. The van der Waals surface area contributed by atoms with E-state index in [1.165, 1.54) is 45.3 Å². The lowest BCUT2D eigenvalue weighted by molar-refractivity contribution is -0.164. The molecule has 49 heavy (non-hydrogen) atoms. The third-order valence-electron chi connectivity index (χ3n) is 8.39. The minimum atomic E-state index is -1.61. The molecule has 1 N–H and O–H groups in total. The summed E-state index contributed by atoms with van der Waals surface area (Å²) in [5.41, 5.74) is 1.73. The number of Topliss-reactive ketones (excluding diaryl/α,β-unsaturated/α-hetero) is 1. The zero-order valence-corrected chi connectivity index (χ0v) is 28.9. The highest BCUT2D eigenvalue weighted by atomic mass is 16.6. The van der Waals surface area contributed by atoms with Gasteiger partial charge in [0.05, 0.1) is 35.5 Å². The Labute approximate surface area is 286 Å². The summed E-state index contributed by atoms with van der Waals surface area (Å²) in [7, 11) is 7.47. The number of likely N-dealkylation sites (tertiary alicyclic amines) is 1. The van der Waals surface area contributed by atoms with E-state index < -0.39 is 30.1 Å². The number of ketones is 1. The van der Waals surface area contributed by atoms with E-state index in [1.807, 2.05) is 18.2 Å². The second-order valence-electron chi connectivity index (χ2n) is 11.6. The Balaban J connectivity index is 1.61. The number of amides is 1. The SMILES string of the molecule is COc1ccc(CCC(OC(=O)C2CCCCN2C(=O)[C@@H](O)c2cc(OC)c(OC)c(OC)c2)c2ccccc2OCC(C)=O)cc1OC. The molecule has 0 spiro atoms. The van der Waals surface area contributed by atoms with Crippen LogP contribution in [0.3, 0.4) is 0 Å². The summed E-state index contributed by atoms with van der Waals surface area (Å²) in [5, 5.41) is 11.3. The normalized spacial score (nSPS) is 15.4. The van der Waals surface area contributed by atoms with Crippen LogP contribution in [0.1, 0.15) is 61.5 Å². The van der Waals surface area contributed by atoms with E-state index in [0.717, 1.165) is 5.56 Å². The summed E-state index contributed by atoms with van der Waals surface area (Å²) in [6.45, 7) is 1.55. The number of benzene rings is 3. The standard InChI is InChI=1S/C37H45NO11/c1-23(39)22-48-28-13-8-7-11-26(28)29(16-14-24-15-17-30(43-2)31(19-24)44-3)49-37(42)27-12-9-10-18-38(27)36(41)34(40)25-20-32(45-4)35(47-6)33(21-25)46-5/h7-8,11,13,15,17,19-21,27,29,34,40H,9-10,12,14,16,18,22H2,1-6H3/t27?,29?,34-/m0/s1. The molecule has 3 aromatic carbocycles. The van der Waals surface area contributed by atoms with Crippen LogP contribution in [0.15, 0.2) is 54.6 Å². The third-order valence-corrected chi connectivity index (χ3v) is 8.39. The predicted molar refractivity (Wildman–Crippen MR) is 180 cm³/mol. The molecule has 1 fully saturated rings. The zero-order chi connectivity index (χ0) is 35.5. The van der Waals surface area contributed by atoms with Crippen LogP contribution in [0.5, 0.6) is 34.5 Å². The molecular weight excluding hydrogens is 634 g/mol. The number of para-hydroxylation sites is 1. The van der Waals surface area contributed by atoms with Crippen LogP contribution in [0.25, 0.3) is 0 Å². The Morgan fingerprint density at radius 3 is 2.12 bits per heavy atom. The van der Waals surface area contributed by atoms with E-state index >= 15 is 0 Å². The first-order valence-electron chi connectivity index (χ1n) is 16.1. The molecule has 1 aliphatic rings. The van der Waals surface area contributed by atoms with Crippen molar-refractivity contribution >= 4 is 17.7 Å². The number of nitrogens with zero attached hydrogens (tertiary/aromatic N) is 1. The smallest absolute Gasteiger partial charge is 0.329 e. The number of ether oxygens (including phenoxy) is 7. The number of carbonyl (C=O) groups is 3. The van der Waals surface area contributed by atoms with Crippen LogP contribution in [0.2, 0.25) is 0 Å². The van der Waals surface area contributed by atoms with Crippen molar-refractivity contribution in [3.63, 3.8) is 0 Å². The fraction of sp³-hybridized carbons (Fsp3) is 0.432. The molecule has 2 unspecified atom stereocenters. The van der Waals surface area contributed by atoms with Gasteiger partial charge in [0.15, 0.2) is 34.9 Å². The van der Waals surface area contributed by atoms with E-state index in [-0.39, 0.29) is 36.0 Å². The lowest BCUT2D eigenvalue weighted by atomic mass is 9.98. The molecular formula is C37H45NO11. The number of hydrogen-bond acceptors (Lipinski definition) is 11. The molecule has 3 aromatic rings. The number of esters is 1. The first-order valence-corrected chi connectivity index (χ1v) is 16.1. The Bertz CT molecular complexity index is 1580. The molecule has 12 nitrogen and oxygen atoms in total. The summed E-state index contributed by atoms with van der Waals surface area (Å²) < 4.78 is 39.1. The lowest BCUT2D eigenvalue weighted by Gasteiger charge is -2.36. The van der Waals surface area contributed by atoms with Crippen LogP contribution in [0.4, 0.5) is 0 Å². The van der Waals surface area contributed by atoms with Crippen LogP contribution in [-0.4, -0.2) is 82.4 Å². The maximum atomic E-state index is 14.0. The summed E-state index contributed by atoms with van der Waals surface area (Å²) in [6, 6.07) is 14.7. The van der Waals surface area contributed by atoms with E-state index in [0.29, 0.717) is 60.7 Å². The predicted octanol–water partition coefficient (Wildman–Crippen LogP) is 5.03. The molecule has 0 aromatic heterocycles. The van der Waals surface area contributed by atoms with Gasteiger partial charge in [0.1, 0.15) is 24.5 Å². The Morgan fingerprint density at radius 2 is 1.49 bits per heavy atom. The second kappa shape index (κ2) is 17.4. The van der Waals surface area contributed by atoms with E-state index in [4.69, 9.17) is 33.2 Å². The Kier molecular flexibility index (Phi) is 13.1. The summed E-state index contributed by atoms with van der Waals surface area (Å²) in [4.78, 5) is 41.0. The number of aryl methyl sites for hydroxylation is 1. The van der Waals surface area contributed by atoms with Gasteiger partial charge < -0.3 is 43.2 Å². The van der Waals surface area contributed by atoms with Gasteiger partial charge in [-0.15, -0.1) is 0 Å². The number of aliphatic hydroxyl groups excluding tert-OH is 1. The molecule has 264 valence electrons. The van der Waals surface area contributed by atoms with Crippen molar-refractivity contribution < 1.29 is 52.6 Å². The second-order valence-corrected chi connectivity index (χ2v) is 11.6. The molecule has 1 saturated heterocycles. The molecule has 0 radical (unpaired) electrons. The average Bonchev–Trinajstić information content (AvgIpc) is 3.14. The largest absolute Gasteiger partial charge is 0.493 e. The van der Waals surface area contributed by atoms with Gasteiger partial charge >= 0.3 is 5.97 Å². The first kappa shape index (κ1) is 36.9. The van der Waals surface area contributed by atoms with Gasteiger partial charge in [0.2, 0.25) is 5.75 Å². The van der Waals surface area contributed by atoms with Gasteiger partial charge in [0.25, 0.3) is 5.91 Å². The minimum Gasteiger partial charge on any atom is -0.493 e. The summed E-state index contributed by atoms with van der Waals surface area (Å²) in [6.07, 6.45) is 0.159. The van der Waals surface area contributed by atoms with Crippen molar-refractivity contribution in [2.75, 3.05) is 48.7 Å². The first-order chi connectivity index (χ1) is 23.6. The van der Waals surface area contributed by atoms with Crippen molar-refractivity contribution in [2.24, 2.45) is 0 Å². The maximum absolute atomic E-state index is 14.0. The van der Waals surface area contributed by atoms with E-state index in [9.17, 15) is 19.5 Å². The summed E-state index contributed by atoms with van der Waals surface area (Å²) in [5.74, 6) is 1.04. The van der Waals surface area contributed by atoms with Crippen molar-refractivity contribution in [3.8, 4) is 34.5 Å². The van der Waals surface area contributed by atoms with Gasteiger partial charge in [-0.3, -0.25) is 9.59 Å². The number of methoxy groups -OCH3 is 5. The fourth-order valence-electron chi connectivity index (χ4n) is 5.89. The van der Waals surface area contributed by atoms with Gasteiger partial charge in [0, 0.05) is 12.1 Å². The Hall–Kier alpha value is -4.97. The molecule has 12 heteroatoms. The average molecular weight is 680 g/mol. The quantitative estimate of drug-likeness (QED) is 0.204. The van der Waals surface area contributed by atoms with Gasteiger partial charge in [-0.25, -0.2) is 4.79 Å². The highest BCUT2D eigenvalue weighted by Crippen LogP contribution is 2.40. The van der Waals surface area contributed by atoms with Gasteiger partial charge in [-0.1, -0.05) is 24.3 Å². The number of piperidine rings is 1. The van der Waals surface area contributed by atoms with E-state index in [2.05, 4.69) is 0 Å². The van der Waals surface area contributed by atoms with Crippen LogP contribution >= 0.6 is 0 Å². The van der Waals surface area contributed by atoms with Crippen LogP contribution < -0.4 is 28.4 Å². The monoisotopic (exact) mass is 679 g/mol. The fourth-order valence-corrected chi connectivity index (χ4v) is 5.89. The molecule has 0 saturated carbocycles. The van der Waals surface area contributed by atoms with E-state index in [1.54, 1.807) is 38.5 Å². The lowest BCUT2D eigenvalue weighted by Crippen LogP contribution is -2.50. The molecule has 1 amide bonds. The van der Waals surface area contributed by atoms with Gasteiger partial charge in [-0.2, -0.15) is 0 Å². The van der Waals surface area contributed by atoms with Crippen molar-refractivity contribution in [1.29, 1.82) is 0 Å². The molecule has 1 aliphatic heterocycles. The number of aliphatic hydroxyl groups is 1. The number of rotatable bonds is 16. The van der Waals surface area contributed by atoms with Crippen LogP contribution in [0, 0.1) is 0 Å². The van der Waals surface area contributed by atoms with Crippen molar-refractivity contribution in [1.82, 2.24) is 4.90 Å². The number of hydrogen-bond donors (Lipinski definition) is 1. The van der Waals surface area contributed by atoms with Gasteiger partial charge in [-0.05, 0) is 80.5 Å². The van der Waals surface area contributed by atoms with Crippen LogP contribution in [-0.2, 0) is 25.5 Å². The molecule has 3 atom stereocenters. The molecule has 0 bridgehead atoms. The maximum Gasteiger partial charge on any atom is 0.329 e. The Morgan fingerprint density at radius 1 is 0.816 bits per heavy atom. The van der Waals surface area contributed by atoms with Crippen molar-refractivity contribution in [3.05, 3.63) is 71.3 Å². The third kappa shape index (κ3) is 8.94. The highest BCUT2D eigenvalue weighted by molar-refractivity contribution is 5.88. The minimum absolute atomic E-state index is 0.142. The topological polar surface area (TPSA) is 139 Å². The zero-order valence-electron chi connectivity index (χ0n) is 28.9. The molecule has 0 aliphatic carbocycles. The molecule has 1 heterocycles.